The minimum Gasteiger partial charge on any atom is -0.507 e. The zero-order valence-electron chi connectivity index (χ0n) is 25.1. The molecule has 0 aliphatic carbocycles. The predicted molar refractivity (Wildman–Crippen MR) is 170 cm³/mol. The molecular formula is C35H34N2O6S. The molecule has 0 spiro atoms. The van der Waals surface area contributed by atoms with Gasteiger partial charge in [0.15, 0.2) is 10.9 Å². The standard InChI is InChI=1S/C35H34N2O6S/c1-5-6-19-42-27-15-11-24(12-16-27)30-29(32(40)34(41)37(30)35-36-22(3)33(44-35)23(4)38)31(39)25-13-17-28(18-14-25)43-20-26-10-8-7-9-21(26)2/h7-18,30,39H,5-6,19-20H2,1-4H3. The van der Waals surface area contributed by atoms with Gasteiger partial charge in [0.2, 0.25) is 0 Å². The van der Waals surface area contributed by atoms with Gasteiger partial charge in [0, 0.05) is 12.5 Å². The van der Waals surface area contributed by atoms with Crippen molar-refractivity contribution in [1.82, 2.24) is 4.98 Å². The van der Waals surface area contributed by atoms with E-state index in [1.807, 2.05) is 31.2 Å². The lowest BCUT2D eigenvalue weighted by atomic mass is 9.95. The first-order valence-corrected chi connectivity index (χ1v) is 15.3. The smallest absolute Gasteiger partial charge is 0.301 e. The molecule has 9 heteroatoms. The monoisotopic (exact) mass is 610 g/mol. The second-order valence-electron chi connectivity index (χ2n) is 10.6. The lowest BCUT2D eigenvalue weighted by Gasteiger charge is -2.23. The Morgan fingerprint density at radius 2 is 1.61 bits per heavy atom. The largest absolute Gasteiger partial charge is 0.507 e. The molecule has 1 unspecified atom stereocenters. The first-order valence-electron chi connectivity index (χ1n) is 14.5. The molecule has 1 amide bonds. The van der Waals surface area contributed by atoms with E-state index < -0.39 is 17.7 Å². The summed E-state index contributed by atoms with van der Waals surface area (Å²) in [5, 5.41) is 11.7. The molecule has 0 saturated carbocycles. The zero-order chi connectivity index (χ0) is 31.4. The second-order valence-corrected chi connectivity index (χ2v) is 11.6. The summed E-state index contributed by atoms with van der Waals surface area (Å²) >= 11 is 1.05. The number of rotatable bonds is 11. The molecular weight excluding hydrogens is 576 g/mol. The Kier molecular flexibility index (Phi) is 9.25. The SMILES string of the molecule is CCCCOc1ccc(C2C(=C(O)c3ccc(OCc4ccccc4C)cc3)C(=O)C(=O)N2c2nc(C)c(C(C)=O)s2)cc1. The van der Waals surface area contributed by atoms with Crippen LogP contribution >= 0.6 is 11.3 Å². The summed E-state index contributed by atoms with van der Waals surface area (Å²) in [6.07, 6.45) is 1.92. The van der Waals surface area contributed by atoms with Crippen molar-refractivity contribution in [2.45, 2.75) is 53.2 Å². The molecule has 1 aliphatic heterocycles. The number of thiazole rings is 1. The molecule has 44 heavy (non-hydrogen) atoms. The highest BCUT2D eigenvalue weighted by atomic mass is 32.1. The Morgan fingerprint density at radius 3 is 2.25 bits per heavy atom. The zero-order valence-corrected chi connectivity index (χ0v) is 25.9. The average molecular weight is 611 g/mol. The number of hydrogen-bond acceptors (Lipinski definition) is 8. The minimum absolute atomic E-state index is 0.0690. The van der Waals surface area contributed by atoms with Crippen molar-refractivity contribution in [1.29, 1.82) is 0 Å². The van der Waals surface area contributed by atoms with E-state index in [2.05, 4.69) is 11.9 Å². The van der Waals surface area contributed by atoms with Crippen LogP contribution in [0.2, 0.25) is 0 Å². The van der Waals surface area contributed by atoms with Crippen molar-refractivity contribution in [3.63, 3.8) is 0 Å². The van der Waals surface area contributed by atoms with Crippen molar-refractivity contribution in [3.05, 3.63) is 111 Å². The number of hydrogen-bond donors (Lipinski definition) is 1. The van der Waals surface area contributed by atoms with Crippen LogP contribution in [0.5, 0.6) is 11.5 Å². The fraction of sp³-hybridized carbons (Fsp3) is 0.257. The molecule has 1 aliphatic rings. The number of amides is 1. The molecule has 2 heterocycles. The summed E-state index contributed by atoms with van der Waals surface area (Å²) in [5.74, 6) is -0.919. The number of carbonyl (C=O) groups is 3. The number of benzene rings is 3. The maximum atomic E-state index is 13.6. The summed E-state index contributed by atoms with van der Waals surface area (Å²) in [6.45, 7) is 8.18. The van der Waals surface area contributed by atoms with E-state index in [1.165, 1.54) is 11.8 Å². The van der Waals surface area contributed by atoms with E-state index >= 15 is 0 Å². The van der Waals surface area contributed by atoms with Crippen LogP contribution in [0.15, 0.2) is 78.4 Å². The number of ether oxygens (including phenoxy) is 2. The molecule has 1 aromatic heterocycles. The molecule has 4 aromatic rings. The van der Waals surface area contributed by atoms with Crippen LogP contribution in [0.25, 0.3) is 5.76 Å². The topological polar surface area (TPSA) is 106 Å². The number of nitrogens with zero attached hydrogens (tertiary/aromatic N) is 2. The van der Waals surface area contributed by atoms with Gasteiger partial charge in [-0.1, -0.05) is 61.1 Å². The minimum atomic E-state index is -0.970. The van der Waals surface area contributed by atoms with E-state index in [0.717, 1.165) is 35.3 Å². The predicted octanol–water partition coefficient (Wildman–Crippen LogP) is 7.35. The maximum Gasteiger partial charge on any atom is 0.301 e. The highest BCUT2D eigenvalue weighted by molar-refractivity contribution is 7.18. The fourth-order valence-electron chi connectivity index (χ4n) is 5.04. The number of aliphatic hydroxyl groups is 1. The number of aliphatic hydroxyl groups excluding tert-OH is 1. The van der Waals surface area contributed by atoms with Gasteiger partial charge in [-0.15, -0.1) is 0 Å². The average Bonchev–Trinajstić information content (AvgIpc) is 3.53. The number of ketones is 2. The van der Waals surface area contributed by atoms with Crippen LogP contribution in [0.4, 0.5) is 5.13 Å². The molecule has 1 saturated heterocycles. The lowest BCUT2D eigenvalue weighted by Crippen LogP contribution is -2.29. The first-order chi connectivity index (χ1) is 21.2. The molecule has 0 radical (unpaired) electrons. The van der Waals surface area contributed by atoms with Gasteiger partial charge in [0.1, 0.15) is 23.9 Å². The van der Waals surface area contributed by atoms with Crippen LogP contribution in [0.1, 0.15) is 70.4 Å². The van der Waals surface area contributed by atoms with Gasteiger partial charge in [0.25, 0.3) is 5.78 Å². The number of Topliss-reactive ketones (excluding diaryl/α,β-unsaturated/α-hetero) is 2. The first kappa shape index (κ1) is 30.7. The molecule has 1 atom stereocenters. The Morgan fingerprint density at radius 1 is 0.955 bits per heavy atom. The lowest BCUT2D eigenvalue weighted by molar-refractivity contribution is -0.132. The summed E-state index contributed by atoms with van der Waals surface area (Å²) in [5.41, 5.74) is 3.53. The Labute approximate surface area is 260 Å². The summed E-state index contributed by atoms with van der Waals surface area (Å²) < 4.78 is 11.7. The molecule has 5 rings (SSSR count). The Balaban J connectivity index is 1.51. The van der Waals surface area contributed by atoms with Crippen LogP contribution in [-0.2, 0) is 16.2 Å². The van der Waals surface area contributed by atoms with Gasteiger partial charge in [-0.05, 0) is 73.4 Å². The summed E-state index contributed by atoms with van der Waals surface area (Å²) in [6, 6.07) is 20.8. The fourth-order valence-corrected chi connectivity index (χ4v) is 6.02. The van der Waals surface area contributed by atoms with Crippen LogP contribution in [-0.4, -0.2) is 34.2 Å². The number of aromatic nitrogens is 1. The normalized spacial score (nSPS) is 15.9. The Hall–Kier alpha value is -4.76. The van der Waals surface area contributed by atoms with Crippen molar-refractivity contribution in [2.75, 3.05) is 11.5 Å². The number of aryl methyl sites for hydroxylation is 2. The van der Waals surface area contributed by atoms with E-state index in [-0.39, 0.29) is 22.2 Å². The van der Waals surface area contributed by atoms with Crippen molar-refractivity contribution < 1.29 is 29.0 Å². The number of unbranched alkanes of at least 4 members (excludes halogenated alkanes) is 1. The summed E-state index contributed by atoms with van der Waals surface area (Å²) in [7, 11) is 0. The molecule has 226 valence electrons. The van der Waals surface area contributed by atoms with E-state index in [1.54, 1.807) is 55.5 Å². The van der Waals surface area contributed by atoms with Crippen LogP contribution < -0.4 is 14.4 Å². The maximum absolute atomic E-state index is 13.6. The third kappa shape index (κ3) is 6.28. The van der Waals surface area contributed by atoms with E-state index in [0.29, 0.717) is 46.4 Å². The highest BCUT2D eigenvalue weighted by Crippen LogP contribution is 2.44. The van der Waals surface area contributed by atoms with Gasteiger partial charge in [-0.3, -0.25) is 19.3 Å². The number of carbonyl (C=O) groups excluding carboxylic acids is 3. The second kappa shape index (κ2) is 13.3. The van der Waals surface area contributed by atoms with Gasteiger partial charge in [-0.2, -0.15) is 0 Å². The van der Waals surface area contributed by atoms with E-state index in [9.17, 15) is 19.5 Å². The molecule has 8 nitrogen and oxygen atoms in total. The summed E-state index contributed by atoms with van der Waals surface area (Å²) in [4.78, 5) is 45.4. The van der Waals surface area contributed by atoms with Gasteiger partial charge >= 0.3 is 5.91 Å². The van der Waals surface area contributed by atoms with Crippen LogP contribution in [0, 0.1) is 13.8 Å². The van der Waals surface area contributed by atoms with Crippen molar-refractivity contribution in [3.8, 4) is 11.5 Å². The third-order valence-electron chi connectivity index (χ3n) is 7.50. The van der Waals surface area contributed by atoms with Gasteiger partial charge in [0.05, 0.1) is 28.8 Å². The molecule has 1 N–H and O–H groups in total. The van der Waals surface area contributed by atoms with Crippen molar-refractivity contribution in [2.24, 2.45) is 0 Å². The molecule has 1 fully saturated rings. The van der Waals surface area contributed by atoms with E-state index in [4.69, 9.17) is 9.47 Å². The quantitative estimate of drug-likeness (QED) is 0.0622. The molecule has 3 aromatic carbocycles. The highest BCUT2D eigenvalue weighted by Gasteiger charge is 2.48. The molecule has 0 bridgehead atoms. The van der Waals surface area contributed by atoms with Crippen molar-refractivity contribution >= 4 is 39.7 Å². The van der Waals surface area contributed by atoms with Gasteiger partial charge < -0.3 is 14.6 Å². The van der Waals surface area contributed by atoms with Gasteiger partial charge in [-0.25, -0.2) is 4.98 Å². The Bertz CT molecular complexity index is 1720. The third-order valence-corrected chi connectivity index (χ3v) is 8.76. The number of anilines is 1. The van der Waals surface area contributed by atoms with Crippen LogP contribution in [0.3, 0.4) is 0 Å².